The number of aryl methyl sites for hydroxylation is 1. The molecule has 0 bridgehead atoms. The molecule has 0 radical (unpaired) electrons. The molecule has 2 atom stereocenters. The lowest BCUT2D eigenvalue weighted by atomic mass is 9.93. The van der Waals surface area contributed by atoms with Gasteiger partial charge in [0.1, 0.15) is 12.1 Å². The number of ketones is 1. The van der Waals surface area contributed by atoms with Crippen LogP contribution in [0.1, 0.15) is 37.3 Å². The maximum atomic E-state index is 12.5. The normalized spacial score (nSPS) is 12.9. The molecule has 0 aliphatic carbocycles. The molecule has 2 unspecified atom stereocenters. The number of aliphatic imine (C=N–C) groups is 1. The highest BCUT2D eigenvalue weighted by Gasteiger charge is 2.27. The maximum absolute atomic E-state index is 12.5. The summed E-state index contributed by atoms with van der Waals surface area (Å²) >= 11 is 0. The highest BCUT2D eigenvalue weighted by molar-refractivity contribution is 5.97. The van der Waals surface area contributed by atoms with Crippen LogP contribution in [0.25, 0.3) is 5.57 Å². The predicted octanol–water partition coefficient (Wildman–Crippen LogP) is 1.88. The lowest BCUT2D eigenvalue weighted by Gasteiger charge is -2.21. The number of aliphatic carboxylic acids is 2. The fourth-order valence-corrected chi connectivity index (χ4v) is 3.07. The Labute approximate surface area is 185 Å². The van der Waals surface area contributed by atoms with Gasteiger partial charge in [0.05, 0.1) is 14.2 Å². The molecule has 0 aliphatic rings. The van der Waals surface area contributed by atoms with Crippen LogP contribution >= 0.6 is 0 Å². The number of carboxylic acids is 2. The minimum absolute atomic E-state index is 0.123. The quantitative estimate of drug-likeness (QED) is 0.306. The van der Waals surface area contributed by atoms with Crippen molar-refractivity contribution in [2.75, 3.05) is 14.2 Å². The van der Waals surface area contributed by atoms with E-state index in [-0.39, 0.29) is 25.0 Å². The summed E-state index contributed by atoms with van der Waals surface area (Å²) in [6.07, 6.45) is 0.640. The Hall–Kier alpha value is -3.69. The Morgan fingerprint density at radius 1 is 1.16 bits per heavy atom. The van der Waals surface area contributed by atoms with Crippen molar-refractivity contribution < 1.29 is 38.9 Å². The summed E-state index contributed by atoms with van der Waals surface area (Å²) in [6, 6.07) is 0.815. The number of carbonyl (C=O) groups is 4. The number of nitrogens with zero attached hydrogens (tertiary/aromatic N) is 1. The molecular formula is C22H28N2O8. The van der Waals surface area contributed by atoms with Crippen LogP contribution in [-0.4, -0.2) is 66.9 Å². The number of allylic oxidation sites excluding steroid dienone is 1. The summed E-state index contributed by atoms with van der Waals surface area (Å²) in [6.45, 7) is 6.37. The number of hydrogen-bond donors (Lipinski definition) is 3. The van der Waals surface area contributed by atoms with E-state index >= 15 is 0 Å². The average Bonchev–Trinajstić information content (AvgIpc) is 2.72. The van der Waals surface area contributed by atoms with Crippen LogP contribution in [0.2, 0.25) is 0 Å². The standard InChI is InChI=1S/C22H28N2O8/c1-12-8-18(31-4)19(32-5)11-15(12)14(9-13(2)25)10-17(22(29)30)24-21(28)16(23-3)6-7-20(26)27/h8-9,11,16-17H,3,6-7,10H2,1-2,4-5H3,(H,24,28)(H,26,27)(H,29,30)/b14-9-. The van der Waals surface area contributed by atoms with E-state index in [0.29, 0.717) is 28.2 Å². The highest BCUT2D eigenvalue weighted by atomic mass is 16.5. The highest BCUT2D eigenvalue weighted by Crippen LogP contribution is 2.34. The van der Waals surface area contributed by atoms with E-state index in [1.54, 1.807) is 19.1 Å². The summed E-state index contributed by atoms with van der Waals surface area (Å²) in [4.78, 5) is 50.5. The van der Waals surface area contributed by atoms with Crippen LogP contribution in [0.15, 0.2) is 23.2 Å². The molecule has 10 nitrogen and oxygen atoms in total. The summed E-state index contributed by atoms with van der Waals surface area (Å²) in [5.41, 5.74) is 1.64. The maximum Gasteiger partial charge on any atom is 0.326 e. The second kappa shape index (κ2) is 12.2. The second-order valence-corrected chi connectivity index (χ2v) is 7.04. The van der Waals surface area contributed by atoms with Gasteiger partial charge in [-0.15, -0.1) is 0 Å². The smallest absolute Gasteiger partial charge is 0.326 e. The molecule has 174 valence electrons. The van der Waals surface area contributed by atoms with Crippen LogP contribution in [0.5, 0.6) is 11.5 Å². The van der Waals surface area contributed by atoms with Crippen molar-refractivity contribution >= 4 is 35.9 Å². The van der Waals surface area contributed by atoms with Gasteiger partial charge < -0.3 is 25.0 Å². The van der Waals surface area contributed by atoms with Gasteiger partial charge in [0, 0.05) is 12.8 Å². The first-order valence-electron chi connectivity index (χ1n) is 9.68. The van der Waals surface area contributed by atoms with Gasteiger partial charge >= 0.3 is 11.9 Å². The number of carbonyl (C=O) groups excluding carboxylic acids is 2. The molecule has 0 heterocycles. The number of amides is 1. The largest absolute Gasteiger partial charge is 0.493 e. The minimum Gasteiger partial charge on any atom is -0.493 e. The van der Waals surface area contributed by atoms with E-state index in [9.17, 15) is 24.3 Å². The molecule has 1 aromatic carbocycles. The average molecular weight is 448 g/mol. The third kappa shape index (κ3) is 7.53. The summed E-state index contributed by atoms with van der Waals surface area (Å²) < 4.78 is 10.6. The number of hydrogen-bond acceptors (Lipinski definition) is 7. The SMILES string of the molecule is C=NC(CCC(=O)O)C(=O)NC(C/C(=C/C(C)=O)c1cc(OC)c(OC)cc1C)C(=O)O. The Bertz CT molecular complexity index is 923. The van der Waals surface area contributed by atoms with Crippen molar-refractivity contribution in [1.82, 2.24) is 5.32 Å². The van der Waals surface area contributed by atoms with Crippen molar-refractivity contribution in [3.63, 3.8) is 0 Å². The number of rotatable bonds is 13. The molecule has 0 saturated heterocycles. The molecule has 3 N–H and O–H groups in total. The van der Waals surface area contributed by atoms with Crippen molar-refractivity contribution in [1.29, 1.82) is 0 Å². The monoisotopic (exact) mass is 448 g/mol. The van der Waals surface area contributed by atoms with Crippen LogP contribution in [0.4, 0.5) is 0 Å². The van der Waals surface area contributed by atoms with E-state index in [1.807, 2.05) is 0 Å². The molecular weight excluding hydrogens is 420 g/mol. The number of benzene rings is 1. The van der Waals surface area contributed by atoms with Crippen LogP contribution in [0, 0.1) is 6.92 Å². The number of carboxylic acid groups (broad SMARTS) is 2. The summed E-state index contributed by atoms with van der Waals surface area (Å²) in [5, 5.41) is 20.8. The number of methoxy groups -OCH3 is 2. The van der Waals surface area contributed by atoms with E-state index in [2.05, 4.69) is 17.0 Å². The number of ether oxygens (including phenoxy) is 2. The molecule has 0 spiro atoms. The third-order valence-corrected chi connectivity index (χ3v) is 4.65. The van der Waals surface area contributed by atoms with Gasteiger partial charge in [-0.05, 0) is 61.9 Å². The fraction of sp³-hybridized carbons (Fsp3) is 0.409. The first-order valence-corrected chi connectivity index (χ1v) is 9.68. The van der Waals surface area contributed by atoms with Gasteiger partial charge in [-0.3, -0.25) is 19.4 Å². The zero-order valence-corrected chi connectivity index (χ0v) is 18.5. The topological polar surface area (TPSA) is 152 Å². The summed E-state index contributed by atoms with van der Waals surface area (Å²) in [7, 11) is 2.93. The Kier molecular flexibility index (Phi) is 10.1. The van der Waals surface area contributed by atoms with Crippen molar-refractivity contribution in [2.24, 2.45) is 4.99 Å². The van der Waals surface area contributed by atoms with E-state index in [4.69, 9.17) is 14.6 Å². The first kappa shape index (κ1) is 26.3. The first-order chi connectivity index (χ1) is 15.0. The molecule has 1 rings (SSSR count). The third-order valence-electron chi connectivity index (χ3n) is 4.65. The van der Waals surface area contributed by atoms with Gasteiger partial charge in [0.2, 0.25) is 5.91 Å². The molecule has 10 heteroatoms. The van der Waals surface area contributed by atoms with Gasteiger partial charge in [0.15, 0.2) is 17.3 Å². The molecule has 0 aromatic heterocycles. The zero-order chi connectivity index (χ0) is 24.4. The predicted molar refractivity (Wildman–Crippen MR) is 117 cm³/mol. The van der Waals surface area contributed by atoms with E-state index in [1.165, 1.54) is 27.2 Å². The van der Waals surface area contributed by atoms with Crippen molar-refractivity contribution in [3.05, 3.63) is 29.3 Å². The Morgan fingerprint density at radius 2 is 1.75 bits per heavy atom. The lowest BCUT2D eigenvalue weighted by Crippen LogP contribution is -2.45. The summed E-state index contributed by atoms with van der Waals surface area (Å²) in [5.74, 6) is -2.65. The van der Waals surface area contributed by atoms with Gasteiger partial charge in [-0.25, -0.2) is 4.79 Å². The number of nitrogens with one attached hydrogen (secondary N) is 1. The molecule has 32 heavy (non-hydrogen) atoms. The minimum atomic E-state index is -1.39. The fourth-order valence-electron chi connectivity index (χ4n) is 3.07. The van der Waals surface area contributed by atoms with Gasteiger partial charge in [-0.2, -0.15) is 0 Å². The molecule has 1 aromatic rings. The van der Waals surface area contributed by atoms with Crippen molar-refractivity contribution in [2.45, 2.75) is 45.2 Å². The van der Waals surface area contributed by atoms with Crippen LogP contribution in [0.3, 0.4) is 0 Å². The van der Waals surface area contributed by atoms with Gasteiger partial charge in [-0.1, -0.05) is 0 Å². The van der Waals surface area contributed by atoms with Crippen LogP contribution in [-0.2, 0) is 19.2 Å². The Morgan fingerprint density at radius 3 is 2.22 bits per heavy atom. The van der Waals surface area contributed by atoms with Crippen LogP contribution < -0.4 is 14.8 Å². The molecule has 0 fully saturated rings. The van der Waals surface area contributed by atoms with Crippen molar-refractivity contribution in [3.8, 4) is 11.5 Å². The van der Waals surface area contributed by atoms with E-state index in [0.717, 1.165) is 0 Å². The lowest BCUT2D eigenvalue weighted by molar-refractivity contribution is -0.142. The molecule has 0 saturated carbocycles. The Balaban J connectivity index is 3.27. The zero-order valence-electron chi connectivity index (χ0n) is 18.5. The van der Waals surface area contributed by atoms with E-state index < -0.39 is 29.9 Å². The molecule has 0 aliphatic heterocycles. The second-order valence-electron chi connectivity index (χ2n) is 7.04. The molecule has 1 amide bonds. The van der Waals surface area contributed by atoms with Gasteiger partial charge in [0.25, 0.3) is 0 Å².